The largest absolute Gasteiger partial charge is 0.493 e. The van der Waals surface area contributed by atoms with Gasteiger partial charge in [-0.05, 0) is 49.2 Å². The maximum atomic E-state index is 12.2. The molecular formula is C21H22Cl2N4O2S. The summed E-state index contributed by atoms with van der Waals surface area (Å²) < 4.78 is 7.72. The number of amides is 1. The summed E-state index contributed by atoms with van der Waals surface area (Å²) in [6.07, 6.45) is 1.52. The predicted octanol–water partition coefficient (Wildman–Crippen LogP) is 5.17. The molecule has 0 radical (unpaired) electrons. The number of thioether (sulfide) groups is 1. The highest BCUT2D eigenvalue weighted by Gasteiger charge is 2.12. The number of aryl methyl sites for hydroxylation is 2. The topological polar surface area (TPSA) is 69.0 Å². The van der Waals surface area contributed by atoms with E-state index in [1.807, 2.05) is 48.9 Å². The molecule has 0 aliphatic rings. The van der Waals surface area contributed by atoms with Crippen LogP contribution in [-0.2, 0) is 18.3 Å². The van der Waals surface area contributed by atoms with Crippen LogP contribution in [0.5, 0.6) is 5.75 Å². The molecule has 0 aliphatic heterocycles. The number of para-hydroxylation sites is 1. The molecule has 0 unspecified atom stereocenters. The van der Waals surface area contributed by atoms with Crippen molar-refractivity contribution in [2.75, 3.05) is 17.7 Å². The number of aromatic nitrogens is 3. The number of rotatable bonds is 9. The molecule has 0 saturated heterocycles. The van der Waals surface area contributed by atoms with Crippen LogP contribution in [0.15, 0.2) is 47.6 Å². The number of carbonyl (C=O) groups is 1. The van der Waals surface area contributed by atoms with E-state index in [4.69, 9.17) is 27.9 Å². The second kappa shape index (κ2) is 10.7. The molecule has 9 heteroatoms. The van der Waals surface area contributed by atoms with Crippen molar-refractivity contribution in [2.24, 2.45) is 7.05 Å². The molecule has 0 fully saturated rings. The van der Waals surface area contributed by atoms with Crippen molar-refractivity contribution in [2.45, 2.75) is 24.9 Å². The Balaban J connectivity index is 1.45. The zero-order valence-electron chi connectivity index (χ0n) is 16.7. The Morgan fingerprint density at radius 2 is 2.00 bits per heavy atom. The summed E-state index contributed by atoms with van der Waals surface area (Å²) >= 11 is 13.4. The van der Waals surface area contributed by atoms with Crippen LogP contribution < -0.4 is 10.1 Å². The lowest BCUT2D eigenvalue weighted by atomic mass is 10.2. The quantitative estimate of drug-likeness (QED) is 0.349. The molecule has 0 spiro atoms. The van der Waals surface area contributed by atoms with E-state index < -0.39 is 0 Å². The van der Waals surface area contributed by atoms with Gasteiger partial charge in [0.25, 0.3) is 0 Å². The van der Waals surface area contributed by atoms with Gasteiger partial charge in [0.05, 0.1) is 23.1 Å². The predicted molar refractivity (Wildman–Crippen MR) is 122 cm³/mol. The molecule has 3 aromatic rings. The lowest BCUT2D eigenvalue weighted by Crippen LogP contribution is -2.14. The third kappa shape index (κ3) is 6.14. The smallest absolute Gasteiger partial charge is 0.234 e. The highest BCUT2D eigenvalue weighted by molar-refractivity contribution is 7.99. The molecular weight excluding hydrogens is 443 g/mol. The van der Waals surface area contributed by atoms with Gasteiger partial charge in [-0.25, -0.2) is 0 Å². The number of carbonyl (C=O) groups excluding carboxylic acids is 1. The highest BCUT2D eigenvalue weighted by Crippen LogP contribution is 2.23. The first-order chi connectivity index (χ1) is 14.4. The van der Waals surface area contributed by atoms with Crippen LogP contribution in [-0.4, -0.2) is 33.0 Å². The van der Waals surface area contributed by atoms with Gasteiger partial charge >= 0.3 is 0 Å². The third-order valence-electron chi connectivity index (χ3n) is 4.34. The number of nitrogens with zero attached hydrogens (tertiary/aromatic N) is 3. The minimum atomic E-state index is -0.149. The Labute approximate surface area is 189 Å². The lowest BCUT2D eigenvalue weighted by Gasteiger charge is -2.09. The number of benzene rings is 2. The maximum absolute atomic E-state index is 12.2. The molecule has 3 rings (SSSR count). The number of hydrogen-bond donors (Lipinski definition) is 1. The van der Waals surface area contributed by atoms with Gasteiger partial charge < -0.3 is 14.6 Å². The van der Waals surface area contributed by atoms with Crippen LogP contribution >= 0.6 is 35.0 Å². The Kier molecular flexibility index (Phi) is 8.01. The summed E-state index contributed by atoms with van der Waals surface area (Å²) in [7, 11) is 1.90. The van der Waals surface area contributed by atoms with Crippen LogP contribution in [0.4, 0.5) is 5.69 Å². The summed E-state index contributed by atoms with van der Waals surface area (Å²) in [4.78, 5) is 12.2. The fourth-order valence-electron chi connectivity index (χ4n) is 2.75. The summed E-state index contributed by atoms with van der Waals surface area (Å²) in [5.74, 6) is 1.75. The van der Waals surface area contributed by atoms with Gasteiger partial charge in [-0.3, -0.25) is 4.79 Å². The minimum absolute atomic E-state index is 0.149. The molecule has 2 aromatic carbocycles. The number of anilines is 1. The fraction of sp³-hybridized carbons (Fsp3) is 0.286. The van der Waals surface area contributed by atoms with Gasteiger partial charge in [0, 0.05) is 18.5 Å². The van der Waals surface area contributed by atoms with E-state index in [1.165, 1.54) is 11.8 Å². The molecule has 1 amide bonds. The number of ether oxygens (including phenoxy) is 1. The van der Waals surface area contributed by atoms with Crippen LogP contribution in [0.2, 0.25) is 10.0 Å². The highest BCUT2D eigenvalue weighted by atomic mass is 35.5. The van der Waals surface area contributed by atoms with E-state index in [0.29, 0.717) is 27.5 Å². The standard InChI is InChI=1S/C21H22Cl2N4O2S/c1-14-12-15(22)9-10-18(14)29-11-5-8-19-25-26-21(27(19)2)30-13-20(28)24-17-7-4-3-6-16(17)23/h3-4,6-7,9-10,12H,5,8,11,13H2,1-2H3,(H,24,28). The Morgan fingerprint density at radius 3 is 2.77 bits per heavy atom. The zero-order valence-corrected chi connectivity index (χ0v) is 19.0. The van der Waals surface area contributed by atoms with E-state index in [-0.39, 0.29) is 11.7 Å². The number of halogens is 2. The fourth-order valence-corrected chi connectivity index (χ4v) is 3.89. The second-order valence-corrected chi connectivity index (χ2v) is 8.42. The van der Waals surface area contributed by atoms with Gasteiger partial charge in [0.2, 0.25) is 5.91 Å². The molecule has 0 bridgehead atoms. The molecule has 1 N–H and O–H groups in total. The Morgan fingerprint density at radius 1 is 1.20 bits per heavy atom. The van der Waals surface area contributed by atoms with Crippen molar-refractivity contribution < 1.29 is 9.53 Å². The van der Waals surface area contributed by atoms with Crippen molar-refractivity contribution in [3.63, 3.8) is 0 Å². The van der Waals surface area contributed by atoms with Gasteiger partial charge in [-0.15, -0.1) is 10.2 Å². The summed E-state index contributed by atoms with van der Waals surface area (Å²) in [6.45, 7) is 2.54. The lowest BCUT2D eigenvalue weighted by molar-refractivity contribution is -0.113. The van der Waals surface area contributed by atoms with Crippen LogP contribution in [0.1, 0.15) is 17.8 Å². The van der Waals surface area contributed by atoms with Crippen molar-refractivity contribution in [1.29, 1.82) is 0 Å². The Hall–Kier alpha value is -2.22. The van der Waals surface area contributed by atoms with E-state index >= 15 is 0 Å². The van der Waals surface area contributed by atoms with E-state index in [1.54, 1.807) is 12.1 Å². The zero-order chi connectivity index (χ0) is 21.5. The van der Waals surface area contributed by atoms with Crippen molar-refractivity contribution in [3.05, 3.63) is 63.9 Å². The average Bonchev–Trinajstić information content (AvgIpc) is 3.06. The third-order valence-corrected chi connectivity index (χ3v) is 5.93. The summed E-state index contributed by atoms with van der Waals surface area (Å²) in [5, 5.41) is 13.1. The van der Waals surface area contributed by atoms with Crippen LogP contribution in [0.3, 0.4) is 0 Å². The second-order valence-electron chi connectivity index (χ2n) is 6.64. The van der Waals surface area contributed by atoms with Gasteiger partial charge in [0.1, 0.15) is 11.6 Å². The molecule has 0 atom stereocenters. The first kappa shape index (κ1) is 22.5. The van der Waals surface area contributed by atoms with E-state index in [9.17, 15) is 4.79 Å². The van der Waals surface area contributed by atoms with Crippen LogP contribution in [0, 0.1) is 6.92 Å². The first-order valence-electron chi connectivity index (χ1n) is 9.38. The molecule has 1 aromatic heterocycles. The normalized spacial score (nSPS) is 10.8. The van der Waals surface area contributed by atoms with E-state index in [2.05, 4.69) is 15.5 Å². The number of hydrogen-bond acceptors (Lipinski definition) is 5. The van der Waals surface area contributed by atoms with Crippen LogP contribution in [0.25, 0.3) is 0 Å². The van der Waals surface area contributed by atoms with E-state index in [0.717, 1.165) is 30.0 Å². The van der Waals surface area contributed by atoms with Gasteiger partial charge in [-0.1, -0.05) is 47.1 Å². The summed E-state index contributed by atoms with van der Waals surface area (Å²) in [5.41, 5.74) is 1.61. The van der Waals surface area contributed by atoms with Crippen molar-refractivity contribution >= 4 is 46.6 Å². The maximum Gasteiger partial charge on any atom is 0.234 e. The SMILES string of the molecule is Cc1cc(Cl)ccc1OCCCc1nnc(SCC(=O)Nc2ccccc2Cl)n1C. The molecule has 6 nitrogen and oxygen atoms in total. The summed E-state index contributed by atoms with van der Waals surface area (Å²) in [6, 6.07) is 12.7. The molecule has 30 heavy (non-hydrogen) atoms. The molecule has 1 heterocycles. The molecule has 0 aliphatic carbocycles. The molecule has 158 valence electrons. The monoisotopic (exact) mass is 464 g/mol. The minimum Gasteiger partial charge on any atom is -0.493 e. The van der Waals surface area contributed by atoms with Crippen molar-refractivity contribution in [3.8, 4) is 5.75 Å². The molecule has 0 saturated carbocycles. The van der Waals surface area contributed by atoms with Crippen molar-refractivity contribution in [1.82, 2.24) is 14.8 Å². The average molecular weight is 465 g/mol. The Bertz CT molecular complexity index is 1030. The number of nitrogens with one attached hydrogen (secondary N) is 1. The van der Waals surface area contributed by atoms with Gasteiger partial charge in [-0.2, -0.15) is 0 Å². The first-order valence-corrected chi connectivity index (χ1v) is 11.1. The van der Waals surface area contributed by atoms with Gasteiger partial charge in [0.15, 0.2) is 5.16 Å².